The maximum Gasteiger partial charge on any atom is 0.422 e. The lowest BCUT2D eigenvalue weighted by molar-refractivity contribution is 0.0496. The summed E-state index contributed by atoms with van der Waals surface area (Å²) in [5, 5.41) is 0. The number of nitrogens with zero attached hydrogens (tertiary/aromatic N) is 2. The molecule has 1 heterocycles. The van der Waals surface area contributed by atoms with Crippen LogP contribution in [0.4, 0.5) is 4.79 Å². The zero-order valence-corrected chi connectivity index (χ0v) is 12.4. The highest BCUT2D eigenvalue weighted by molar-refractivity contribution is 5.66. The third-order valence-electron chi connectivity index (χ3n) is 2.42. The van der Waals surface area contributed by atoms with Crippen LogP contribution in [0.15, 0.2) is 0 Å². The zero-order valence-electron chi connectivity index (χ0n) is 12.4. The van der Waals surface area contributed by atoms with Gasteiger partial charge in [-0.3, -0.25) is 15.4 Å². The first-order valence-corrected chi connectivity index (χ1v) is 6.21. The topological polar surface area (TPSA) is 76.1 Å². The van der Waals surface area contributed by atoms with Gasteiger partial charge in [0.05, 0.1) is 29.3 Å². The van der Waals surface area contributed by atoms with Crippen molar-refractivity contribution in [3.63, 3.8) is 0 Å². The molecule has 1 aromatic rings. The van der Waals surface area contributed by atoms with E-state index in [1.54, 1.807) is 0 Å². The SMILES string of the molecule is Cc1nc(C)c(CNNC(=O)OC(C)(C)C)nc1C. The summed E-state index contributed by atoms with van der Waals surface area (Å²) in [5.41, 5.74) is 8.20. The fourth-order valence-corrected chi connectivity index (χ4v) is 1.43. The molecule has 6 nitrogen and oxygen atoms in total. The van der Waals surface area contributed by atoms with Gasteiger partial charge in [0.2, 0.25) is 0 Å². The monoisotopic (exact) mass is 266 g/mol. The fraction of sp³-hybridized carbons (Fsp3) is 0.615. The first kappa shape index (κ1) is 15.4. The molecule has 6 heteroatoms. The van der Waals surface area contributed by atoms with E-state index in [4.69, 9.17) is 4.74 Å². The highest BCUT2D eigenvalue weighted by Crippen LogP contribution is 2.07. The molecule has 0 saturated carbocycles. The first-order valence-electron chi connectivity index (χ1n) is 6.21. The van der Waals surface area contributed by atoms with E-state index < -0.39 is 11.7 Å². The number of rotatable bonds is 3. The van der Waals surface area contributed by atoms with Gasteiger partial charge in [-0.2, -0.15) is 0 Å². The van der Waals surface area contributed by atoms with Crippen LogP contribution in [0.2, 0.25) is 0 Å². The number of carbonyl (C=O) groups is 1. The number of hydrogen-bond acceptors (Lipinski definition) is 5. The Morgan fingerprint density at radius 3 is 2.26 bits per heavy atom. The van der Waals surface area contributed by atoms with Gasteiger partial charge in [0.25, 0.3) is 0 Å². The lowest BCUT2D eigenvalue weighted by atomic mass is 10.2. The average Bonchev–Trinajstić information content (AvgIpc) is 2.22. The van der Waals surface area contributed by atoms with Gasteiger partial charge in [0.1, 0.15) is 5.60 Å². The minimum atomic E-state index is -0.512. The largest absolute Gasteiger partial charge is 0.443 e. The average molecular weight is 266 g/mol. The Hall–Kier alpha value is -1.69. The van der Waals surface area contributed by atoms with Gasteiger partial charge in [0, 0.05) is 0 Å². The van der Waals surface area contributed by atoms with Gasteiger partial charge in [-0.25, -0.2) is 10.2 Å². The summed E-state index contributed by atoms with van der Waals surface area (Å²) in [7, 11) is 0. The minimum Gasteiger partial charge on any atom is -0.443 e. The van der Waals surface area contributed by atoms with Crippen LogP contribution in [0, 0.1) is 20.8 Å². The van der Waals surface area contributed by atoms with Crippen molar-refractivity contribution in [2.24, 2.45) is 0 Å². The highest BCUT2D eigenvalue weighted by Gasteiger charge is 2.15. The molecule has 2 N–H and O–H groups in total. The molecule has 19 heavy (non-hydrogen) atoms. The Morgan fingerprint density at radius 2 is 1.68 bits per heavy atom. The number of ether oxygens (including phenoxy) is 1. The van der Waals surface area contributed by atoms with Gasteiger partial charge < -0.3 is 4.74 Å². The van der Waals surface area contributed by atoms with Gasteiger partial charge >= 0.3 is 6.09 Å². The molecule has 1 amide bonds. The van der Waals surface area contributed by atoms with Gasteiger partial charge in [0.15, 0.2) is 0 Å². The normalized spacial score (nSPS) is 11.3. The number of carbonyl (C=O) groups excluding carboxylic acids is 1. The molecule has 1 aromatic heterocycles. The third-order valence-corrected chi connectivity index (χ3v) is 2.42. The van der Waals surface area contributed by atoms with Crippen molar-refractivity contribution >= 4 is 6.09 Å². The number of aromatic nitrogens is 2. The van der Waals surface area contributed by atoms with Crippen LogP contribution >= 0.6 is 0 Å². The maximum atomic E-state index is 11.4. The number of amides is 1. The number of hydrogen-bond donors (Lipinski definition) is 2. The van der Waals surface area contributed by atoms with Crippen LogP contribution in [-0.4, -0.2) is 21.7 Å². The van der Waals surface area contributed by atoms with Crippen LogP contribution in [0.5, 0.6) is 0 Å². The Bertz CT molecular complexity index is 466. The van der Waals surface area contributed by atoms with Crippen LogP contribution in [0.25, 0.3) is 0 Å². The van der Waals surface area contributed by atoms with Crippen LogP contribution in [-0.2, 0) is 11.3 Å². The summed E-state index contributed by atoms with van der Waals surface area (Å²) >= 11 is 0. The van der Waals surface area contributed by atoms with E-state index in [2.05, 4.69) is 20.8 Å². The number of nitrogens with one attached hydrogen (secondary N) is 2. The molecular formula is C13H22N4O2. The Balaban J connectivity index is 2.50. The van der Waals surface area contributed by atoms with Gasteiger partial charge in [-0.05, 0) is 41.5 Å². The molecule has 0 aliphatic rings. The standard InChI is InChI=1S/C13H22N4O2/c1-8-9(2)16-11(10(3)15-8)7-14-17-12(18)19-13(4,5)6/h14H,7H2,1-6H3,(H,17,18). The van der Waals surface area contributed by atoms with Crippen molar-refractivity contribution in [2.75, 3.05) is 0 Å². The molecule has 0 fully saturated rings. The minimum absolute atomic E-state index is 0.402. The van der Waals surface area contributed by atoms with E-state index in [9.17, 15) is 4.79 Å². The summed E-state index contributed by atoms with van der Waals surface area (Å²) in [5.74, 6) is 0. The lowest BCUT2D eigenvalue weighted by Gasteiger charge is -2.19. The Labute approximate surface area is 114 Å². The number of hydrazine groups is 1. The fourth-order valence-electron chi connectivity index (χ4n) is 1.43. The van der Waals surface area contributed by atoms with Crippen molar-refractivity contribution in [3.8, 4) is 0 Å². The summed E-state index contributed by atoms with van der Waals surface area (Å²) < 4.78 is 5.10. The van der Waals surface area contributed by atoms with Crippen LogP contribution < -0.4 is 10.9 Å². The summed E-state index contributed by atoms with van der Waals surface area (Å²) in [6, 6.07) is 0. The molecule has 0 atom stereocenters. The van der Waals surface area contributed by atoms with E-state index in [-0.39, 0.29) is 0 Å². The molecule has 1 rings (SSSR count). The van der Waals surface area contributed by atoms with Crippen molar-refractivity contribution in [1.82, 2.24) is 20.8 Å². The first-order chi connectivity index (χ1) is 8.69. The van der Waals surface area contributed by atoms with Crippen molar-refractivity contribution < 1.29 is 9.53 Å². The van der Waals surface area contributed by atoms with Crippen LogP contribution in [0.3, 0.4) is 0 Å². The Kier molecular flexibility index (Phi) is 4.83. The predicted molar refractivity (Wildman–Crippen MR) is 72.5 cm³/mol. The molecule has 0 spiro atoms. The van der Waals surface area contributed by atoms with E-state index >= 15 is 0 Å². The van der Waals surface area contributed by atoms with Gasteiger partial charge in [-0.1, -0.05) is 0 Å². The summed E-state index contributed by atoms with van der Waals surface area (Å²) in [4.78, 5) is 20.2. The molecular weight excluding hydrogens is 244 g/mol. The summed E-state index contributed by atoms with van der Waals surface area (Å²) in [6.45, 7) is 11.6. The van der Waals surface area contributed by atoms with E-state index in [1.165, 1.54) is 0 Å². The van der Waals surface area contributed by atoms with Crippen molar-refractivity contribution in [2.45, 2.75) is 53.7 Å². The van der Waals surface area contributed by atoms with Crippen molar-refractivity contribution in [3.05, 3.63) is 22.8 Å². The van der Waals surface area contributed by atoms with E-state index in [0.29, 0.717) is 6.54 Å². The smallest absolute Gasteiger partial charge is 0.422 e. The second-order valence-corrected chi connectivity index (χ2v) is 5.41. The van der Waals surface area contributed by atoms with E-state index in [1.807, 2.05) is 41.5 Å². The molecule has 0 saturated heterocycles. The maximum absolute atomic E-state index is 11.4. The third kappa shape index (κ3) is 5.21. The second-order valence-electron chi connectivity index (χ2n) is 5.41. The lowest BCUT2D eigenvalue weighted by Crippen LogP contribution is -2.41. The molecule has 0 radical (unpaired) electrons. The summed E-state index contributed by atoms with van der Waals surface area (Å²) in [6.07, 6.45) is -0.512. The number of aryl methyl sites for hydroxylation is 3. The van der Waals surface area contributed by atoms with E-state index in [0.717, 1.165) is 22.8 Å². The highest BCUT2D eigenvalue weighted by atomic mass is 16.6. The molecule has 0 unspecified atom stereocenters. The van der Waals surface area contributed by atoms with Gasteiger partial charge in [-0.15, -0.1) is 0 Å². The molecule has 0 aliphatic carbocycles. The molecule has 0 bridgehead atoms. The molecule has 0 aromatic carbocycles. The second kappa shape index (κ2) is 5.97. The quantitative estimate of drug-likeness (QED) is 0.818. The zero-order chi connectivity index (χ0) is 14.6. The molecule has 106 valence electrons. The predicted octanol–water partition coefficient (Wildman–Crippen LogP) is 1.93. The van der Waals surface area contributed by atoms with Crippen LogP contribution in [0.1, 0.15) is 43.5 Å². The Morgan fingerprint density at radius 1 is 1.11 bits per heavy atom. The van der Waals surface area contributed by atoms with Crippen molar-refractivity contribution in [1.29, 1.82) is 0 Å². The molecule has 0 aliphatic heterocycles.